The van der Waals surface area contributed by atoms with Crippen LogP contribution in [0.25, 0.3) is 0 Å². The molecule has 1 rings (SSSR count). The highest BCUT2D eigenvalue weighted by molar-refractivity contribution is 7.89. The Bertz CT molecular complexity index is 665. The smallest absolute Gasteiger partial charge is 0.211 e. The monoisotopic (exact) mass is 477 g/mol. The van der Waals surface area contributed by atoms with Gasteiger partial charge in [0.1, 0.15) is 4.90 Å². The minimum Gasteiger partial charge on any atom is -0.211 e. The highest BCUT2D eigenvalue weighted by Gasteiger charge is 2.17. The standard InChI is InChI=1S/C24H41Cl2NO2S/c1-2-3-4-5-6-7-8-9-10-11-12-13-14-15-16-17-20-27-30(28,29)24-21-22(25)18-19-23(24)26/h18-19,21,27H,2-17,20H2,1H3. The molecule has 0 saturated carbocycles. The van der Waals surface area contributed by atoms with Crippen LogP contribution in [-0.2, 0) is 10.0 Å². The van der Waals surface area contributed by atoms with Crippen LogP contribution in [0, 0.1) is 0 Å². The molecule has 0 aliphatic carbocycles. The van der Waals surface area contributed by atoms with Gasteiger partial charge in [-0.1, -0.05) is 126 Å². The van der Waals surface area contributed by atoms with Gasteiger partial charge < -0.3 is 0 Å². The summed E-state index contributed by atoms with van der Waals surface area (Å²) in [5.41, 5.74) is 0. The lowest BCUT2D eigenvalue weighted by Crippen LogP contribution is -2.25. The van der Waals surface area contributed by atoms with Crippen LogP contribution >= 0.6 is 23.2 Å². The summed E-state index contributed by atoms with van der Waals surface area (Å²) < 4.78 is 27.2. The van der Waals surface area contributed by atoms with Crippen molar-refractivity contribution in [3.05, 3.63) is 28.2 Å². The zero-order valence-corrected chi connectivity index (χ0v) is 21.1. The molecular weight excluding hydrogens is 437 g/mol. The molecule has 0 spiro atoms. The summed E-state index contributed by atoms with van der Waals surface area (Å²) in [6.45, 7) is 2.70. The van der Waals surface area contributed by atoms with Crippen LogP contribution < -0.4 is 4.72 Å². The zero-order chi connectivity index (χ0) is 22.1. The van der Waals surface area contributed by atoms with Crippen LogP contribution in [-0.4, -0.2) is 15.0 Å². The predicted molar refractivity (Wildman–Crippen MR) is 131 cm³/mol. The van der Waals surface area contributed by atoms with Gasteiger partial charge in [0.2, 0.25) is 10.0 Å². The van der Waals surface area contributed by atoms with E-state index in [1.807, 2.05) is 0 Å². The molecule has 3 nitrogen and oxygen atoms in total. The Morgan fingerprint density at radius 2 is 1.13 bits per heavy atom. The maximum atomic E-state index is 12.3. The van der Waals surface area contributed by atoms with Crippen molar-refractivity contribution in [3.8, 4) is 0 Å². The molecule has 0 unspecified atom stereocenters. The van der Waals surface area contributed by atoms with E-state index in [9.17, 15) is 8.42 Å². The molecule has 0 amide bonds. The minimum absolute atomic E-state index is 0.0492. The van der Waals surface area contributed by atoms with Gasteiger partial charge in [-0.3, -0.25) is 0 Å². The molecule has 0 atom stereocenters. The number of hydrogen-bond acceptors (Lipinski definition) is 2. The molecule has 1 aromatic carbocycles. The molecule has 174 valence electrons. The van der Waals surface area contributed by atoms with Gasteiger partial charge in [-0.2, -0.15) is 0 Å². The molecule has 30 heavy (non-hydrogen) atoms. The first-order chi connectivity index (χ1) is 14.5. The number of sulfonamides is 1. The number of hydrogen-bond donors (Lipinski definition) is 1. The van der Waals surface area contributed by atoms with Crippen LogP contribution in [0.1, 0.15) is 110 Å². The van der Waals surface area contributed by atoms with Gasteiger partial charge in [0.25, 0.3) is 0 Å². The van der Waals surface area contributed by atoms with E-state index in [-0.39, 0.29) is 9.92 Å². The van der Waals surface area contributed by atoms with Crippen molar-refractivity contribution in [2.75, 3.05) is 6.54 Å². The van der Waals surface area contributed by atoms with E-state index in [1.165, 1.54) is 95.6 Å². The number of nitrogens with one attached hydrogen (secondary N) is 1. The lowest BCUT2D eigenvalue weighted by molar-refractivity contribution is 0.528. The molecule has 0 aliphatic heterocycles. The maximum absolute atomic E-state index is 12.3. The van der Waals surface area contributed by atoms with Gasteiger partial charge in [-0.05, 0) is 24.6 Å². The van der Waals surface area contributed by atoms with Crippen molar-refractivity contribution in [1.29, 1.82) is 0 Å². The molecule has 0 radical (unpaired) electrons. The van der Waals surface area contributed by atoms with Gasteiger partial charge in [0.05, 0.1) is 5.02 Å². The molecule has 0 bridgehead atoms. The fourth-order valence-corrected chi connectivity index (χ4v) is 5.48. The van der Waals surface area contributed by atoms with Gasteiger partial charge in [0, 0.05) is 11.6 Å². The van der Waals surface area contributed by atoms with Gasteiger partial charge >= 0.3 is 0 Å². The Balaban J connectivity index is 1.92. The summed E-state index contributed by atoms with van der Waals surface area (Å²) in [5, 5.41) is 0.557. The second-order valence-corrected chi connectivity index (χ2v) is 10.9. The first-order valence-corrected chi connectivity index (χ1v) is 14.2. The molecule has 0 heterocycles. The van der Waals surface area contributed by atoms with Crippen LogP contribution in [0.5, 0.6) is 0 Å². The Morgan fingerprint density at radius 1 is 0.700 bits per heavy atom. The largest absolute Gasteiger partial charge is 0.242 e. The summed E-state index contributed by atoms with van der Waals surface area (Å²) in [5.74, 6) is 0. The normalized spacial score (nSPS) is 11.8. The number of unbranched alkanes of at least 4 members (excludes halogenated alkanes) is 15. The average molecular weight is 479 g/mol. The van der Waals surface area contributed by atoms with Gasteiger partial charge in [-0.25, -0.2) is 13.1 Å². The van der Waals surface area contributed by atoms with E-state index in [1.54, 1.807) is 6.07 Å². The number of rotatable bonds is 19. The summed E-state index contributed by atoms with van der Waals surface area (Å²) >= 11 is 11.9. The third-order valence-electron chi connectivity index (χ3n) is 5.51. The van der Waals surface area contributed by atoms with E-state index >= 15 is 0 Å². The van der Waals surface area contributed by atoms with Crippen molar-refractivity contribution < 1.29 is 8.42 Å². The van der Waals surface area contributed by atoms with E-state index in [0.29, 0.717) is 11.6 Å². The Kier molecular flexibility index (Phi) is 16.0. The first kappa shape index (κ1) is 27.7. The van der Waals surface area contributed by atoms with Crippen LogP contribution in [0.4, 0.5) is 0 Å². The van der Waals surface area contributed by atoms with Crippen molar-refractivity contribution in [3.63, 3.8) is 0 Å². The molecule has 0 saturated heterocycles. The van der Waals surface area contributed by atoms with Gasteiger partial charge in [0.15, 0.2) is 0 Å². The molecule has 0 aliphatic rings. The zero-order valence-electron chi connectivity index (χ0n) is 18.7. The average Bonchev–Trinajstić information content (AvgIpc) is 2.72. The highest BCUT2D eigenvalue weighted by atomic mass is 35.5. The number of benzene rings is 1. The van der Waals surface area contributed by atoms with Crippen LogP contribution in [0.3, 0.4) is 0 Å². The van der Waals surface area contributed by atoms with Gasteiger partial charge in [-0.15, -0.1) is 0 Å². The van der Waals surface area contributed by atoms with E-state index in [2.05, 4.69) is 11.6 Å². The quantitative estimate of drug-likeness (QED) is 0.203. The summed E-state index contributed by atoms with van der Waals surface area (Å²) in [4.78, 5) is 0.0492. The van der Waals surface area contributed by atoms with E-state index in [4.69, 9.17) is 23.2 Å². The SMILES string of the molecule is CCCCCCCCCCCCCCCCCCNS(=O)(=O)c1cc(Cl)ccc1Cl. The molecule has 6 heteroatoms. The molecule has 1 N–H and O–H groups in total. The predicted octanol–water partition coefficient (Wildman–Crippen LogP) is 8.53. The second kappa shape index (κ2) is 17.3. The van der Waals surface area contributed by atoms with Crippen molar-refractivity contribution in [1.82, 2.24) is 4.72 Å². The summed E-state index contributed by atoms with van der Waals surface area (Å²) in [7, 11) is -3.60. The third-order valence-corrected chi connectivity index (χ3v) is 7.68. The Hall–Kier alpha value is -0.290. The van der Waals surface area contributed by atoms with E-state index in [0.717, 1.165) is 19.3 Å². The fraction of sp³-hybridized carbons (Fsp3) is 0.750. The highest BCUT2D eigenvalue weighted by Crippen LogP contribution is 2.24. The van der Waals surface area contributed by atoms with E-state index < -0.39 is 10.0 Å². The molecular formula is C24H41Cl2NO2S. The van der Waals surface area contributed by atoms with Crippen molar-refractivity contribution in [2.45, 2.75) is 115 Å². The Labute approximate surface area is 195 Å². The Morgan fingerprint density at radius 3 is 1.60 bits per heavy atom. The summed E-state index contributed by atoms with van der Waals surface area (Å²) in [6, 6.07) is 4.48. The minimum atomic E-state index is -3.60. The topological polar surface area (TPSA) is 46.2 Å². The molecule has 0 fully saturated rings. The lowest BCUT2D eigenvalue weighted by atomic mass is 10.0. The van der Waals surface area contributed by atoms with Crippen molar-refractivity contribution >= 4 is 33.2 Å². The summed E-state index contributed by atoms with van der Waals surface area (Å²) in [6.07, 6.45) is 20.8. The molecule has 0 aromatic heterocycles. The first-order valence-electron chi connectivity index (χ1n) is 11.9. The molecule has 1 aromatic rings. The maximum Gasteiger partial charge on any atom is 0.242 e. The van der Waals surface area contributed by atoms with Crippen LogP contribution in [0.15, 0.2) is 23.1 Å². The number of halogens is 2. The third kappa shape index (κ3) is 13.2. The van der Waals surface area contributed by atoms with Crippen molar-refractivity contribution in [2.24, 2.45) is 0 Å². The van der Waals surface area contributed by atoms with Crippen LogP contribution in [0.2, 0.25) is 10.0 Å². The lowest BCUT2D eigenvalue weighted by Gasteiger charge is -2.09. The second-order valence-electron chi connectivity index (χ2n) is 8.28. The fourth-order valence-electron chi connectivity index (χ4n) is 3.64.